The van der Waals surface area contributed by atoms with Crippen molar-refractivity contribution in [1.82, 2.24) is 9.47 Å². The van der Waals surface area contributed by atoms with Crippen LogP contribution in [0.15, 0.2) is 108 Å². The maximum atomic E-state index is 13.5. The Morgan fingerprint density at radius 1 is 0.900 bits per heavy atom. The Morgan fingerprint density at radius 2 is 1.62 bits per heavy atom. The number of carbonyl (C=O) groups excluding carboxylic acids is 1. The molecule has 6 nitrogen and oxygen atoms in total. The molecule has 6 heteroatoms. The molecule has 0 saturated carbocycles. The lowest BCUT2D eigenvalue weighted by Gasteiger charge is -2.36. The number of ether oxygens (including phenoxy) is 1. The molecule has 1 aliphatic heterocycles. The Hall–Kier alpha value is -4.68. The monoisotopic (exact) mass is 530 g/mol. The van der Waals surface area contributed by atoms with Crippen LogP contribution < -0.4 is 10.3 Å². The summed E-state index contributed by atoms with van der Waals surface area (Å²) in [5.41, 5.74) is 6.26. The van der Waals surface area contributed by atoms with Crippen molar-refractivity contribution < 1.29 is 14.6 Å². The predicted molar refractivity (Wildman–Crippen MR) is 157 cm³/mol. The smallest absolute Gasteiger partial charge is 0.254 e. The van der Waals surface area contributed by atoms with E-state index in [4.69, 9.17) is 4.74 Å². The minimum Gasteiger partial charge on any atom is -0.497 e. The molecule has 40 heavy (non-hydrogen) atoms. The highest BCUT2D eigenvalue weighted by Crippen LogP contribution is 2.30. The van der Waals surface area contributed by atoms with Crippen LogP contribution in [0, 0.1) is 0 Å². The summed E-state index contributed by atoms with van der Waals surface area (Å²) < 4.78 is 7.22. The van der Waals surface area contributed by atoms with Gasteiger partial charge in [-0.05, 0) is 58.5 Å². The number of methoxy groups -OCH3 is 1. The normalized spacial score (nSPS) is 14.7. The molecule has 1 unspecified atom stereocenters. The van der Waals surface area contributed by atoms with Crippen LogP contribution >= 0.6 is 0 Å². The van der Waals surface area contributed by atoms with Crippen molar-refractivity contribution in [3.05, 3.63) is 136 Å². The molecule has 1 aromatic heterocycles. The quantitative estimate of drug-likeness (QED) is 0.324. The van der Waals surface area contributed by atoms with E-state index < -0.39 is 0 Å². The molecular formula is C34H30N2O4. The summed E-state index contributed by atoms with van der Waals surface area (Å²) in [5.74, 6) is 0.563. The van der Waals surface area contributed by atoms with Crippen LogP contribution in [-0.4, -0.2) is 40.2 Å². The maximum absolute atomic E-state index is 13.5. The van der Waals surface area contributed by atoms with E-state index in [-0.39, 0.29) is 24.1 Å². The third-order valence-electron chi connectivity index (χ3n) is 7.77. The largest absolute Gasteiger partial charge is 0.497 e. The van der Waals surface area contributed by atoms with Crippen LogP contribution in [0.25, 0.3) is 22.0 Å². The summed E-state index contributed by atoms with van der Waals surface area (Å²) in [6.45, 7) is 0.734. The second-order valence-corrected chi connectivity index (χ2v) is 10.2. The Balaban J connectivity index is 1.31. The molecule has 1 atom stereocenters. The van der Waals surface area contributed by atoms with Gasteiger partial charge >= 0.3 is 0 Å². The average molecular weight is 531 g/mol. The van der Waals surface area contributed by atoms with Crippen molar-refractivity contribution in [3.8, 4) is 16.9 Å². The molecule has 200 valence electrons. The van der Waals surface area contributed by atoms with Gasteiger partial charge in [0.2, 0.25) is 0 Å². The van der Waals surface area contributed by atoms with Crippen molar-refractivity contribution >= 4 is 16.8 Å². The van der Waals surface area contributed by atoms with Gasteiger partial charge < -0.3 is 19.3 Å². The molecule has 0 spiro atoms. The number of nitrogens with zero attached hydrogens (tertiary/aromatic N) is 2. The van der Waals surface area contributed by atoms with E-state index in [9.17, 15) is 14.7 Å². The number of pyridine rings is 1. The molecule has 0 fully saturated rings. The molecule has 0 saturated heterocycles. The number of aliphatic hydroxyl groups excluding tert-OH is 1. The molecule has 4 aromatic carbocycles. The molecule has 0 bridgehead atoms. The van der Waals surface area contributed by atoms with Gasteiger partial charge in [-0.25, -0.2) is 0 Å². The van der Waals surface area contributed by atoms with E-state index in [0.717, 1.165) is 33.2 Å². The van der Waals surface area contributed by atoms with E-state index in [1.807, 2.05) is 78.9 Å². The Morgan fingerprint density at radius 3 is 2.35 bits per heavy atom. The first-order valence-electron chi connectivity index (χ1n) is 13.4. The van der Waals surface area contributed by atoms with E-state index in [2.05, 4.69) is 6.07 Å². The van der Waals surface area contributed by atoms with Gasteiger partial charge in [-0.1, -0.05) is 66.7 Å². The summed E-state index contributed by atoms with van der Waals surface area (Å²) in [6, 6.07) is 32.5. The zero-order valence-corrected chi connectivity index (χ0v) is 22.3. The molecule has 1 N–H and O–H groups in total. The fraction of sp³-hybridized carbons (Fsp3) is 0.176. The van der Waals surface area contributed by atoms with Crippen molar-refractivity contribution in [1.29, 1.82) is 0 Å². The highest BCUT2D eigenvalue weighted by atomic mass is 16.5. The summed E-state index contributed by atoms with van der Waals surface area (Å²) in [5, 5.41) is 11.0. The summed E-state index contributed by atoms with van der Waals surface area (Å²) >= 11 is 0. The van der Waals surface area contributed by atoms with Gasteiger partial charge in [-0.15, -0.1) is 0 Å². The molecule has 0 radical (unpaired) electrons. The van der Waals surface area contributed by atoms with Crippen LogP contribution in [0.3, 0.4) is 0 Å². The highest BCUT2D eigenvalue weighted by Gasteiger charge is 2.29. The number of aromatic nitrogens is 1. The second kappa shape index (κ2) is 10.8. The Bertz CT molecular complexity index is 1740. The number of rotatable bonds is 6. The fourth-order valence-corrected chi connectivity index (χ4v) is 5.60. The number of aliphatic hydroxyl groups is 1. The topological polar surface area (TPSA) is 71.8 Å². The van der Waals surface area contributed by atoms with Gasteiger partial charge in [0, 0.05) is 29.6 Å². The zero-order chi connectivity index (χ0) is 27.6. The molecule has 6 rings (SSSR count). The Kier molecular flexibility index (Phi) is 6.93. The van der Waals surface area contributed by atoms with Gasteiger partial charge in [-0.3, -0.25) is 9.59 Å². The van der Waals surface area contributed by atoms with Crippen molar-refractivity contribution in [2.45, 2.75) is 25.6 Å². The van der Waals surface area contributed by atoms with E-state index in [0.29, 0.717) is 30.8 Å². The predicted octanol–water partition coefficient (Wildman–Crippen LogP) is 5.28. The standard InChI is InChI=1S/C34H30N2O4/c1-40-29-15-16-30-31(24-7-3-2-4-8-24)19-33(38)36(32(30)18-29)20-23-11-13-25(14-12-23)34(39)35-21-27-10-6-5-9-26(27)17-28(35)22-37/h2-16,18-19,28,37H,17,20-22H2,1H3. The van der Waals surface area contributed by atoms with Gasteiger partial charge in [0.1, 0.15) is 5.75 Å². The lowest BCUT2D eigenvalue weighted by Crippen LogP contribution is -2.46. The first kappa shape index (κ1) is 25.6. The minimum atomic E-state index is -0.259. The second-order valence-electron chi connectivity index (χ2n) is 10.2. The number of amides is 1. The average Bonchev–Trinajstić information content (AvgIpc) is 3.01. The van der Waals surface area contributed by atoms with Crippen LogP contribution in [0.4, 0.5) is 0 Å². The van der Waals surface area contributed by atoms with Crippen molar-refractivity contribution in [3.63, 3.8) is 0 Å². The van der Waals surface area contributed by atoms with Crippen LogP contribution in [0.2, 0.25) is 0 Å². The van der Waals surface area contributed by atoms with Gasteiger partial charge in [0.25, 0.3) is 11.5 Å². The molecule has 0 aliphatic carbocycles. The third-order valence-corrected chi connectivity index (χ3v) is 7.77. The lowest BCUT2D eigenvalue weighted by molar-refractivity contribution is 0.0544. The first-order valence-corrected chi connectivity index (χ1v) is 13.4. The summed E-state index contributed by atoms with van der Waals surface area (Å²) in [6.07, 6.45) is 0.634. The van der Waals surface area contributed by atoms with Crippen LogP contribution in [0.1, 0.15) is 27.0 Å². The molecule has 1 aliphatic rings. The number of hydrogen-bond acceptors (Lipinski definition) is 4. The molecular weight excluding hydrogens is 500 g/mol. The summed E-state index contributed by atoms with van der Waals surface area (Å²) in [7, 11) is 1.61. The van der Waals surface area contributed by atoms with E-state index >= 15 is 0 Å². The number of hydrogen-bond donors (Lipinski definition) is 1. The highest BCUT2D eigenvalue weighted by molar-refractivity contribution is 5.96. The first-order chi connectivity index (χ1) is 19.6. The van der Waals surface area contributed by atoms with Crippen LogP contribution in [-0.2, 0) is 19.5 Å². The number of carbonyl (C=O) groups is 1. The number of fused-ring (bicyclic) bond motifs is 2. The molecule has 5 aromatic rings. The minimum absolute atomic E-state index is 0.0867. The maximum Gasteiger partial charge on any atom is 0.254 e. The summed E-state index contributed by atoms with van der Waals surface area (Å²) in [4.78, 5) is 28.6. The molecule has 1 amide bonds. The molecule has 2 heterocycles. The third kappa shape index (κ3) is 4.78. The van der Waals surface area contributed by atoms with Gasteiger partial charge in [0.15, 0.2) is 0 Å². The zero-order valence-electron chi connectivity index (χ0n) is 22.3. The van der Waals surface area contributed by atoms with Gasteiger partial charge in [0.05, 0.1) is 31.8 Å². The van der Waals surface area contributed by atoms with Crippen molar-refractivity contribution in [2.24, 2.45) is 0 Å². The van der Waals surface area contributed by atoms with Crippen molar-refractivity contribution in [2.75, 3.05) is 13.7 Å². The van der Waals surface area contributed by atoms with E-state index in [1.165, 1.54) is 5.56 Å². The van der Waals surface area contributed by atoms with E-state index in [1.54, 1.807) is 34.8 Å². The van der Waals surface area contributed by atoms with Gasteiger partial charge in [-0.2, -0.15) is 0 Å². The Labute approximate surface area is 232 Å². The number of benzene rings is 4. The fourth-order valence-electron chi connectivity index (χ4n) is 5.60. The van der Waals surface area contributed by atoms with Crippen LogP contribution in [0.5, 0.6) is 5.75 Å². The lowest BCUT2D eigenvalue weighted by atomic mass is 9.93. The SMILES string of the molecule is COc1ccc2c(-c3ccccc3)cc(=O)n(Cc3ccc(C(=O)N4Cc5ccccc5CC4CO)cc3)c2c1.